The molecule has 1 atom stereocenters. The van der Waals surface area contributed by atoms with E-state index in [4.69, 9.17) is 5.73 Å². The average Bonchev–Trinajstić information content (AvgIpc) is 2.25. The van der Waals surface area contributed by atoms with E-state index in [1.807, 2.05) is 13.8 Å². The lowest BCUT2D eigenvalue weighted by Gasteiger charge is -2.15. The number of hydrogen-bond acceptors (Lipinski definition) is 4. The Morgan fingerprint density at radius 2 is 2.00 bits per heavy atom. The highest BCUT2D eigenvalue weighted by Crippen LogP contribution is 2.17. The van der Waals surface area contributed by atoms with Gasteiger partial charge in [-0.05, 0) is 43.0 Å². The Bertz CT molecular complexity index is 527. The van der Waals surface area contributed by atoms with Crippen molar-refractivity contribution < 1.29 is 13.5 Å². The van der Waals surface area contributed by atoms with Gasteiger partial charge in [0.1, 0.15) is 0 Å². The molecule has 6 heteroatoms. The molecule has 1 rings (SSSR count). The minimum atomic E-state index is -3.60. The van der Waals surface area contributed by atoms with Gasteiger partial charge >= 0.3 is 0 Å². The van der Waals surface area contributed by atoms with Gasteiger partial charge in [-0.2, -0.15) is 0 Å². The van der Waals surface area contributed by atoms with E-state index in [1.54, 1.807) is 19.1 Å². The van der Waals surface area contributed by atoms with Crippen LogP contribution in [0.4, 0.5) is 5.69 Å². The summed E-state index contributed by atoms with van der Waals surface area (Å²) in [5, 5.41) is 9.70. The first-order chi connectivity index (χ1) is 8.72. The number of nitrogens with one attached hydrogen (secondary N) is 1. The predicted octanol–water partition coefficient (Wildman–Crippen LogP) is 1.26. The van der Waals surface area contributed by atoms with Gasteiger partial charge in [0.05, 0.1) is 11.0 Å². The zero-order chi connectivity index (χ0) is 14.6. The van der Waals surface area contributed by atoms with E-state index in [1.165, 1.54) is 6.07 Å². The summed E-state index contributed by atoms with van der Waals surface area (Å²) >= 11 is 0. The summed E-state index contributed by atoms with van der Waals surface area (Å²) in [7, 11) is -3.60. The summed E-state index contributed by atoms with van der Waals surface area (Å²) in [5.74, 6) is 0.317. The van der Waals surface area contributed by atoms with Crippen molar-refractivity contribution in [2.24, 2.45) is 5.92 Å². The van der Waals surface area contributed by atoms with Crippen molar-refractivity contribution in [2.45, 2.75) is 38.2 Å². The zero-order valence-electron chi connectivity index (χ0n) is 11.6. The van der Waals surface area contributed by atoms with Crippen LogP contribution in [-0.2, 0) is 10.0 Å². The topological polar surface area (TPSA) is 92.4 Å². The van der Waals surface area contributed by atoms with Gasteiger partial charge in [0.2, 0.25) is 10.0 Å². The van der Waals surface area contributed by atoms with Crippen LogP contribution in [0, 0.1) is 12.8 Å². The van der Waals surface area contributed by atoms with Crippen molar-refractivity contribution in [1.82, 2.24) is 4.72 Å². The summed E-state index contributed by atoms with van der Waals surface area (Å²) in [6.07, 6.45) is -0.118. The molecule has 0 aliphatic heterocycles. The van der Waals surface area contributed by atoms with E-state index in [9.17, 15) is 13.5 Å². The lowest BCUT2D eigenvalue weighted by molar-refractivity contribution is 0.152. The molecule has 0 aliphatic rings. The van der Waals surface area contributed by atoms with Gasteiger partial charge < -0.3 is 10.8 Å². The summed E-state index contributed by atoms with van der Waals surface area (Å²) in [5.41, 5.74) is 6.71. The van der Waals surface area contributed by atoms with Gasteiger partial charge in [-0.3, -0.25) is 0 Å². The van der Waals surface area contributed by atoms with Crippen molar-refractivity contribution in [3.8, 4) is 0 Å². The van der Waals surface area contributed by atoms with Crippen LogP contribution >= 0.6 is 0 Å². The number of rotatable bonds is 6. The smallest absolute Gasteiger partial charge is 0.240 e. The Hall–Kier alpha value is -1.11. The van der Waals surface area contributed by atoms with E-state index in [0.29, 0.717) is 23.6 Å². The summed E-state index contributed by atoms with van der Waals surface area (Å²) < 4.78 is 26.6. The Kier molecular flexibility index (Phi) is 5.34. The molecular formula is C13H22N2O3S. The SMILES string of the molecule is Cc1cc(N)ccc1S(=O)(=O)NCC(O)CC(C)C. The number of aryl methyl sites for hydroxylation is 1. The maximum Gasteiger partial charge on any atom is 0.240 e. The standard InChI is InChI=1S/C13H22N2O3S/c1-9(2)6-12(16)8-15-19(17,18)13-5-4-11(14)7-10(13)3/h4-5,7,9,12,15-16H,6,8,14H2,1-3H3. The largest absolute Gasteiger partial charge is 0.399 e. The molecule has 19 heavy (non-hydrogen) atoms. The van der Waals surface area contributed by atoms with Crippen molar-refractivity contribution >= 4 is 15.7 Å². The van der Waals surface area contributed by atoms with Crippen LogP contribution < -0.4 is 10.5 Å². The van der Waals surface area contributed by atoms with Crippen molar-refractivity contribution in [1.29, 1.82) is 0 Å². The number of benzene rings is 1. The third-order valence-corrected chi connectivity index (χ3v) is 4.32. The van der Waals surface area contributed by atoms with E-state index in [-0.39, 0.29) is 11.4 Å². The Balaban J connectivity index is 2.76. The predicted molar refractivity (Wildman–Crippen MR) is 76.2 cm³/mol. The molecule has 0 aromatic heterocycles. The number of nitrogens with two attached hydrogens (primary N) is 1. The fourth-order valence-corrected chi connectivity index (χ4v) is 3.18. The Morgan fingerprint density at radius 1 is 1.37 bits per heavy atom. The van der Waals surface area contributed by atoms with E-state index in [2.05, 4.69) is 4.72 Å². The number of aliphatic hydroxyl groups is 1. The molecule has 0 bridgehead atoms. The van der Waals surface area contributed by atoms with Gasteiger partial charge in [-0.25, -0.2) is 13.1 Å². The molecular weight excluding hydrogens is 264 g/mol. The van der Waals surface area contributed by atoms with Crippen LogP contribution in [0.1, 0.15) is 25.8 Å². The molecule has 0 saturated carbocycles. The first-order valence-electron chi connectivity index (χ1n) is 6.26. The van der Waals surface area contributed by atoms with Crippen LogP contribution in [0.15, 0.2) is 23.1 Å². The Labute approximate surface area is 114 Å². The molecule has 1 aromatic carbocycles. The summed E-state index contributed by atoms with van der Waals surface area (Å²) in [6.45, 7) is 5.66. The van der Waals surface area contributed by atoms with Gasteiger partial charge in [0.25, 0.3) is 0 Å². The number of aliphatic hydroxyl groups excluding tert-OH is 1. The highest BCUT2D eigenvalue weighted by Gasteiger charge is 2.18. The van der Waals surface area contributed by atoms with Crippen LogP contribution in [0.25, 0.3) is 0 Å². The molecule has 0 fully saturated rings. The fraction of sp³-hybridized carbons (Fsp3) is 0.538. The molecule has 5 nitrogen and oxygen atoms in total. The number of sulfonamides is 1. The second kappa shape index (κ2) is 6.36. The molecule has 108 valence electrons. The molecule has 1 unspecified atom stereocenters. The third kappa shape index (κ3) is 4.81. The maximum absolute atomic E-state index is 12.1. The van der Waals surface area contributed by atoms with Crippen LogP contribution in [0.5, 0.6) is 0 Å². The van der Waals surface area contributed by atoms with E-state index >= 15 is 0 Å². The second-order valence-electron chi connectivity index (χ2n) is 5.16. The van der Waals surface area contributed by atoms with Gasteiger partial charge in [0.15, 0.2) is 0 Å². The first kappa shape index (κ1) is 15.9. The van der Waals surface area contributed by atoms with Crippen LogP contribution in [0.3, 0.4) is 0 Å². The molecule has 1 aromatic rings. The van der Waals surface area contributed by atoms with Crippen molar-refractivity contribution in [3.63, 3.8) is 0 Å². The lowest BCUT2D eigenvalue weighted by Crippen LogP contribution is -2.33. The Morgan fingerprint density at radius 3 is 2.53 bits per heavy atom. The molecule has 0 spiro atoms. The van der Waals surface area contributed by atoms with Gasteiger partial charge in [-0.15, -0.1) is 0 Å². The average molecular weight is 286 g/mol. The maximum atomic E-state index is 12.1. The summed E-state index contributed by atoms with van der Waals surface area (Å²) in [6, 6.07) is 4.63. The molecule has 0 saturated heterocycles. The fourth-order valence-electron chi connectivity index (χ4n) is 1.89. The highest BCUT2D eigenvalue weighted by molar-refractivity contribution is 7.89. The van der Waals surface area contributed by atoms with Crippen LogP contribution in [0.2, 0.25) is 0 Å². The highest BCUT2D eigenvalue weighted by atomic mass is 32.2. The normalized spacial score (nSPS) is 13.7. The number of nitrogen functional groups attached to an aromatic ring is 1. The van der Waals surface area contributed by atoms with E-state index < -0.39 is 16.1 Å². The quantitative estimate of drug-likeness (QED) is 0.686. The van der Waals surface area contributed by atoms with Gasteiger partial charge in [0, 0.05) is 12.2 Å². The number of hydrogen-bond donors (Lipinski definition) is 3. The third-order valence-electron chi connectivity index (χ3n) is 2.74. The molecule has 0 heterocycles. The van der Waals surface area contributed by atoms with Crippen molar-refractivity contribution in [2.75, 3.05) is 12.3 Å². The molecule has 4 N–H and O–H groups in total. The minimum Gasteiger partial charge on any atom is -0.399 e. The molecule has 0 amide bonds. The minimum absolute atomic E-state index is 0.0182. The zero-order valence-corrected chi connectivity index (χ0v) is 12.4. The monoisotopic (exact) mass is 286 g/mol. The lowest BCUT2D eigenvalue weighted by atomic mass is 10.1. The molecule has 0 radical (unpaired) electrons. The number of anilines is 1. The van der Waals surface area contributed by atoms with E-state index in [0.717, 1.165) is 0 Å². The van der Waals surface area contributed by atoms with Gasteiger partial charge in [-0.1, -0.05) is 13.8 Å². The first-order valence-corrected chi connectivity index (χ1v) is 7.74. The molecule has 0 aliphatic carbocycles. The summed E-state index contributed by atoms with van der Waals surface area (Å²) in [4.78, 5) is 0.193. The second-order valence-corrected chi connectivity index (χ2v) is 6.90. The van der Waals surface area contributed by atoms with Crippen LogP contribution in [-0.4, -0.2) is 26.2 Å². The van der Waals surface area contributed by atoms with Crippen molar-refractivity contribution in [3.05, 3.63) is 23.8 Å².